The van der Waals surface area contributed by atoms with E-state index in [4.69, 9.17) is 5.21 Å². The van der Waals surface area contributed by atoms with Crippen molar-refractivity contribution in [3.05, 3.63) is 0 Å². The summed E-state index contributed by atoms with van der Waals surface area (Å²) in [6.45, 7) is 4.08. The second kappa shape index (κ2) is 11.6. The molecular weight excluding hydrogens is 214 g/mol. The number of hydrogen-bond donors (Lipinski definition) is 1. The first-order valence-corrected chi connectivity index (χ1v) is 6.96. The van der Waals surface area contributed by atoms with Crippen LogP contribution in [0, 0.1) is 0 Å². The molecule has 0 amide bonds. The van der Waals surface area contributed by atoms with Crippen LogP contribution < -0.4 is 0 Å². The van der Waals surface area contributed by atoms with Crippen LogP contribution in [0.2, 0.25) is 0 Å². The smallest absolute Gasteiger partial charge is 0.132 e. The Balaban J connectivity index is 3.47. The minimum absolute atomic E-state index is 0.351. The van der Waals surface area contributed by atoms with Crippen LogP contribution in [-0.2, 0) is 4.79 Å². The topological polar surface area (TPSA) is 49.7 Å². The van der Waals surface area contributed by atoms with E-state index in [1.165, 1.54) is 12.8 Å². The Hall–Kier alpha value is -0.860. The first-order chi connectivity index (χ1) is 8.24. The molecule has 1 N–H and O–H groups in total. The number of carbonyl (C=O) groups is 1. The Labute approximate surface area is 105 Å². The third kappa shape index (κ3) is 10.0. The highest BCUT2D eigenvalue weighted by molar-refractivity contribution is 5.83. The SMILES string of the molecule is CCCCC/C(CCCCCC(=O)CC)=N\O. The largest absolute Gasteiger partial charge is 0.411 e. The summed E-state index contributed by atoms with van der Waals surface area (Å²) < 4.78 is 0. The zero-order chi connectivity index (χ0) is 12.9. The number of ketones is 1. The molecule has 0 rings (SSSR count). The fourth-order valence-electron chi connectivity index (χ4n) is 1.81. The molecule has 0 aliphatic rings. The zero-order valence-electron chi connectivity index (χ0n) is 11.4. The van der Waals surface area contributed by atoms with E-state index < -0.39 is 0 Å². The van der Waals surface area contributed by atoms with Crippen molar-refractivity contribution in [3.8, 4) is 0 Å². The lowest BCUT2D eigenvalue weighted by atomic mass is 10.0. The third-order valence-electron chi connectivity index (χ3n) is 3.03. The highest BCUT2D eigenvalue weighted by atomic mass is 16.4. The van der Waals surface area contributed by atoms with Crippen molar-refractivity contribution in [1.82, 2.24) is 0 Å². The van der Waals surface area contributed by atoms with E-state index in [9.17, 15) is 4.79 Å². The lowest BCUT2D eigenvalue weighted by molar-refractivity contribution is -0.118. The molecule has 0 saturated heterocycles. The second-order valence-electron chi connectivity index (χ2n) is 4.58. The summed E-state index contributed by atoms with van der Waals surface area (Å²) in [6.07, 6.45) is 9.71. The third-order valence-corrected chi connectivity index (χ3v) is 3.03. The van der Waals surface area contributed by atoms with E-state index in [0.717, 1.165) is 44.2 Å². The maximum absolute atomic E-state index is 11.1. The summed E-state index contributed by atoms with van der Waals surface area (Å²) in [4.78, 5) is 11.1. The molecule has 0 aliphatic heterocycles. The molecule has 0 unspecified atom stereocenters. The molecule has 100 valence electrons. The number of hydrogen-bond acceptors (Lipinski definition) is 3. The van der Waals surface area contributed by atoms with Gasteiger partial charge in [-0.05, 0) is 32.1 Å². The van der Waals surface area contributed by atoms with Gasteiger partial charge in [0.1, 0.15) is 5.78 Å². The van der Waals surface area contributed by atoms with Crippen molar-refractivity contribution >= 4 is 11.5 Å². The van der Waals surface area contributed by atoms with Gasteiger partial charge in [0, 0.05) is 12.8 Å². The van der Waals surface area contributed by atoms with Crippen molar-refractivity contribution in [2.24, 2.45) is 5.16 Å². The Morgan fingerprint density at radius 1 is 0.941 bits per heavy atom. The Morgan fingerprint density at radius 3 is 2.06 bits per heavy atom. The molecule has 0 fully saturated rings. The molecular formula is C14H27NO2. The average Bonchev–Trinajstić information content (AvgIpc) is 2.36. The number of oxime groups is 1. The summed E-state index contributed by atoms with van der Waals surface area (Å²) in [5.74, 6) is 0.351. The lowest BCUT2D eigenvalue weighted by Crippen LogP contribution is -1.99. The number of nitrogens with zero attached hydrogens (tertiary/aromatic N) is 1. The molecule has 3 heteroatoms. The highest BCUT2D eigenvalue weighted by Gasteiger charge is 2.02. The molecule has 0 saturated carbocycles. The molecule has 3 nitrogen and oxygen atoms in total. The number of unbranched alkanes of at least 4 members (excludes halogenated alkanes) is 4. The van der Waals surface area contributed by atoms with Crippen LogP contribution >= 0.6 is 0 Å². The number of Topliss-reactive ketones (excluding diaryl/α,β-unsaturated/α-hetero) is 1. The molecule has 0 aromatic carbocycles. The highest BCUT2D eigenvalue weighted by Crippen LogP contribution is 2.09. The maximum atomic E-state index is 11.1. The molecule has 17 heavy (non-hydrogen) atoms. The first kappa shape index (κ1) is 16.1. The van der Waals surface area contributed by atoms with Crippen LogP contribution in [0.25, 0.3) is 0 Å². The van der Waals surface area contributed by atoms with Gasteiger partial charge in [-0.3, -0.25) is 4.79 Å². The van der Waals surface area contributed by atoms with Gasteiger partial charge < -0.3 is 5.21 Å². The van der Waals surface area contributed by atoms with Crippen molar-refractivity contribution in [2.45, 2.75) is 78.1 Å². The Morgan fingerprint density at radius 2 is 1.53 bits per heavy atom. The van der Waals surface area contributed by atoms with Crippen LogP contribution in [0.5, 0.6) is 0 Å². The van der Waals surface area contributed by atoms with Gasteiger partial charge in [0.25, 0.3) is 0 Å². The predicted molar refractivity (Wildman–Crippen MR) is 71.7 cm³/mol. The van der Waals surface area contributed by atoms with Crippen LogP contribution in [-0.4, -0.2) is 16.7 Å². The molecule has 0 heterocycles. The van der Waals surface area contributed by atoms with E-state index in [1.807, 2.05) is 6.92 Å². The van der Waals surface area contributed by atoms with Gasteiger partial charge in [-0.15, -0.1) is 0 Å². The van der Waals surface area contributed by atoms with E-state index in [2.05, 4.69) is 12.1 Å². The molecule has 0 aromatic heterocycles. The molecule has 0 radical (unpaired) electrons. The standard InChI is InChI=1S/C14H27NO2/c1-3-5-7-10-13(15-17)11-8-6-9-12-14(16)4-2/h17H,3-12H2,1-2H3/b15-13+. The molecule has 0 spiro atoms. The quantitative estimate of drug-likeness (QED) is 0.253. The summed E-state index contributed by atoms with van der Waals surface area (Å²) in [7, 11) is 0. The summed E-state index contributed by atoms with van der Waals surface area (Å²) >= 11 is 0. The van der Waals surface area contributed by atoms with Crippen LogP contribution in [0.1, 0.15) is 78.1 Å². The van der Waals surface area contributed by atoms with E-state index in [0.29, 0.717) is 18.6 Å². The van der Waals surface area contributed by atoms with Gasteiger partial charge in [-0.1, -0.05) is 38.3 Å². The monoisotopic (exact) mass is 241 g/mol. The molecule has 0 aromatic rings. The second-order valence-corrected chi connectivity index (χ2v) is 4.58. The van der Waals surface area contributed by atoms with Gasteiger partial charge in [0.15, 0.2) is 0 Å². The van der Waals surface area contributed by atoms with Crippen molar-refractivity contribution < 1.29 is 10.0 Å². The van der Waals surface area contributed by atoms with E-state index in [-0.39, 0.29) is 0 Å². The van der Waals surface area contributed by atoms with Gasteiger partial charge >= 0.3 is 0 Å². The van der Waals surface area contributed by atoms with Gasteiger partial charge in [-0.25, -0.2) is 0 Å². The van der Waals surface area contributed by atoms with E-state index in [1.54, 1.807) is 0 Å². The van der Waals surface area contributed by atoms with Gasteiger partial charge in [0.2, 0.25) is 0 Å². The fourth-order valence-corrected chi connectivity index (χ4v) is 1.81. The minimum atomic E-state index is 0.351. The summed E-state index contributed by atoms with van der Waals surface area (Å²) in [6, 6.07) is 0. The Bertz CT molecular complexity index is 224. The normalized spacial score (nSPS) is 11.8. The summed E-state index contributed by atoms with van der Waals surface area (Å²) in [5.41, 5.74) is 0.917. The molecule has 0 atom stereocenters. The summed E-state index contributed by atoms with van der Waals surface area (Å²) in [5, 5.41) is 12.2. The van der Waals surface area contributed by atoms with Crippen molar-refractivity contribution in [1.29, 1.82) is 0 Å². The average molecular weight is 241 g/mol. The fraction of sp³-hybridized carbons (Fsp3) is 0.857. The number of carbonyl (C=O) groups excluding carboxylic acids is 1. The van der Waals surface area contributed by atoms with Crippen LogP contribution in [0.15, 0.2) is 5.16 Å². The lowest BCUT2D eigenvalue weighted by Gasteiger charge is -2.04. The maximum Gasteiger partial charge on any atom is 0.132 e. The number of rotatable bonds is 11. The molecule has 0 aliphatic carbocycles. The van der Waals surface area contributed by atoms with Gasteiger partial charge in [0.05, 0.1) is 5.71 Å². The van der Waals surface area contributed by atoms with Crippen molar-refractivity contribution in [2.75, 3.05) is 0 Å². The van der Waals surface area contributed by atoms with Gasteiger partial charge in [-0.2, -0.15) is 0 Å². The van der Waals surface area contributed by atoms with Crippen LogP contribution in [0.4, 0.5) is 0 Å². The van der Waals surface area contributed by atoms with Crippen molar-refractivity contribution in [3.63, 3.8) is 0 Å². The minimum Gasteiger partial charge on any atom is -0.411 e. The molecule has 0 bridgehead atoms. The van der Waals surface area contributed by atoms with Crippen LogP contribution in [0.3, 0.4) is 0 Å². The Kier molecular flexibility index (Phi) is 11.0. The predicted octanol–water partition coefficient (Wildman–Crippen LogP) is 4.33. The zero-order valence-corrected chi connectivity index (χ0v) is 11.4. The van der Waals surface area contributed by atoms with E-state index >= 15 is 0 Å². The first-order valence-electron chi connectivity index (χ1n) is 6.96.